The molecule has 1 fully saturated rings. The number of amides is 2. The zero-order chi connectivity index (χ0) is 17.5. The van der Waals surface area contributed by atoms with Gasteiger partial charge < -0.3 is 20.6 Å². The van der Waals surface area contributed by atoms with Crippen LogP contribution in [-0.2, 0) is 0 Å². The van der Waals surface area contributed by atoms with E-state index in [0.29, 0.717) is 18.4 Å². The molecule has 24 heavy (non-hydrogen) atoms. The number of nitrogens with zero attached hydrogens (tertiary/aromatic N) is 1. The van der Waals surface area contributed by atoms with Crippen LogP contribution in [0.4, 0.5) is 14.9 Å². The Morgan fingerprint density at radius 2 is 2.08 bits per heavy atom. The Bertz CT molecular complexity index is 522. The first kappa shape index (κ1) is 18.5. The Morgan fingerprint density at radius 1 is 1.38 bits per heavy atom. The van der Waals surface area contributed by atoms with Gasteiger partial charge in [-0.25, -0.2) is 9.18 Å². The van der Waals surface area contributed by atoms with Crippen LogP contribution in [0.25, 0.3) is 0 Å². The molecule has 1 aromatic carbocycles. The van der Waals surface area contributed by atoms with E-state index < -0.39 is 0 Å². The van der Waals surface area contributed by atoms with Gasteiger partial charge in [-0.1, -0.05) is 13.8 Å². The van der Waals surface area contributed by atoms with Gasteiger partial charge >= 0.3 is 6.03 Å². The lowest BCUT2D eigenvalue weighted by Gasteiger charge is -2.20. The van der Waals surface area contributed by atoms with Crippen LogP contribution in [0.15, 0.2) is 24.3 Å². The molecule has 6 heteroatoms. The Labute approximate surface area is 143 Å². The van der Waals surface area contributed by atoms with E-state index >= 15 is 0 Å². The number of benzene rings is 1. The van der Waals surface area contributed by atoms with Crippen molar-refractivity contribution in [3.63, 3.8) is 0 Å². The summed E-state index contributed by atoms with van der Waals surface area (Å²) in [7, 11) is 0. The Balaban J connectivity index is 1.73. The van der Waals surface area contributed by atoms with Crippen LogP contribution >= 0.6 is 0 Å². The number of carbonyl (C=O) groups is 1. The smallest absolute Gasteiger partial charge is 0.315 e. The molecule has 0 aliphatic carbocycles. The van der Waals surface area contributed by atoms with Gasteiger partial charge in [0.05, 0.1) is 12.6 Å². The Morgan fingerprint density at radius 3 is 2.71 bits per heavy atom. The van der Waals surface area contributed by atoms with E-state index in [9.17, 15) is 14.3 Å². The molecule has 2 rings (SSSR count). The summed E-state index contributed by atoms with van der Waals surface area (Å²) < 4.78 is 13.0. The molecule has 0 spiro atoms. The van der Waals surface area contributed by atoms with Crippen molar-refractivity contribution in [2.75, 3.05) is 31.1 Å². The number of urea groups is 1. The number of hydrogen-bond acceptors (Lipinski definition) is 3. The van der Waals surface area contributed by atoms with E-state index in [1.165, 1.54) is 12.1 Å². The van der Waals surface area contributed by atoms with E-state index in [2.05, 4.69) is 29.4 Å². The zero-order valence-electron chi connectivity index (χ0n) is 14.5. The van der Waals surface area contributed by atoms with Crippen molar-refractivity contribution in [2.45, 2.75) is 32.7 Å². The summed E-state index contributed by atoms with van der Waals surface area (Å²) in [6, 6.07) is 6.08. The van der Waals surface area contributed by atoms with Crippen LogP contribution in [0.5, 0.6) is 0 Å². The summed E-state index contributed by atoms with van der Waals surface area (Å²) in [5, 5.41) is 15.0. The van der Waals surface area contributed by atoms with Crippen LogP contribution in [0.3, 0.4) is 0 Å². The summed E-state index contributed by atoms with van der Waals surface area (Å²) in [4.78, 5) is 14.2. The van der Waals surface area contributed by atoms with Crippen molar-refractivity contribution in [1.82, 2.24) is 10.6 Å². The standard InChI is InChI=1S/C18H28FN3O2/c1-13(2)9-16(12-23)21-18(24)20-10-14-7-8-22(11-14)17-5-3-15(19)4-6-17/h3-6,13-14,16,23H,7-12H2,1-2H3,(H2,20,21,24). The molecular weight excluding hydrogens is 309 g/mol. The van der Waals surface area contributed by atoms with Crippen LogP contribution in [-0.4, -0.2) is 43.4 Å². The van der Waals surface area contributed by atoms with Crippen molar-refractivity contribution in [3.8, 4) is 0 Å². The summed E-state index contributed by atoms with van der Waals surface area (Å²) in [6.45, 7) is 6.43. The fourth-order valence-electron chi connectivity index (χ4n) is 3.11. The predicted octanol–water partition coefficient (Wildman–Crippen LogP) is 2.36. The first-order valence-electron chi connectivity index (χ1n) is 8.63. The molecule has 1 heterocycles. The fourth-order valence-corrected chi connectivity index (χ4v) is 3.11. The van der Waals surface area contributed by atoms with E-state index in [-0.39, 0.29) is 24.5 Å². The van der Waals surface area contributed by atoms with E-state index in [4.69, 9.17) is 0 Å². The molecule has 3 N–H and O–H groups in total. The molecule has 1 aliphatic heterocycles. The molecule has 2 amide bonds. The molecular formula is C18H28FN3O2. The molecule has 0 bridgehead atoms. The number of rotatable bonds is 7. The van der Waals surface area contributed by atoms with E-state index in [1.807, 2.05) is 0 Å². The fraction of sp³-hybridized carbons (Fsp3) is 0.611. The van der Waals surface area contributed by atoms with Crippen molar-refractivity contribution in [2.24, 2.45) is 11.8 Å². The van der Waals surface area contributed by atoms with Gasteiger partial charge in [-0.2, -0.15) is 0 Å². The average Bonchev–Trinajstić information content (AvgIpc) is 3.01. The lowest BCUT2D eigenvalue weighted by atomic mass is 10.0. The number of anilines is 1. The molecule has 134 valence electrons. The van der Waals surface area contributed by atoms with Crippen molar-refractivity contribution < 1.29 is 14.3 Å². The van der Waals surface area contributed by atoms with Gasteiger partial charge in [0, 0.05) is 25.3 Å². The molecule has 1 saturated heterocycles. The number of carbonyl (C=O) groups excluding carboxylic acids is 1. The highest BCUT2D eigenvalue weighted by atomic mass is 19.1. The van der Waals surface area contributed by atoms with E-state index in [0.717, 1.165) is 31.6 Å². The van der Waals surface area contributed by atoms with Gasteiger partial charge in [-0.15, -0.1) is 0 Å². The van der Waals surface area contributed by atoms with Gasteiger partial charge in [-0.05, 0) is 48.9 Å². The largest absolute Gasteiger partial charge is 0.394 e. The maximum absolute atomic E-state index is 13.0. The van der Waals surface area contributed by atoms with Crippen molar-refractivity contribution >= 4 is 11.7 Å². The van der Waals surface area contributed by atoms with Crippen LogP contribution < -0.4 is 15.5 Å². The summed E-state index contributed by atoms with van der Waals surface area (Å²) in [6.07, 6.45) is 1.75. The third kappa shape index (κ3) is 5.67. The first-order chi connectivity index (χ1) is 11.5. The first-order valence-corrected chi connectivity index (χ1v) is 8.63. The predicted molar refractivity (Wildman–Crippen MR) is 93.6 cm³/mol. The maximum Gasteiger partial charge on any atom is 0.315 e. The van der Waals surface area contributed by atoms with Crippen molar-refractivity contribution in [3.05, 3.63) is 30.1 Å². The number of hydrogen-bond donors (Lipinski definition) is 3. The number of halogens is 1. The highest BCUT2D eigenvalue weighted by molar-refractivity contribution is 5.74. The number of aliphatic hydroxyl groups excluding tert-OH is 1. The Kier molecular flexibility index (Phi) is 6.85. The lowest BCUT2D eigenvalue weighted by Crippen LogP contribution is -2.45. The molecule has 1 aliphatic rings. The third-order valence-corrected chi connectivity index (χ3v) is 4.34. The second kappa shape index (κ2) is 8.87. The van der Waals surface area contributed by atoms with Gasteiger partial charge in [-0.3, -0.25) is 0 Å². The third-order valence-electron chi connectivity index (χ3n) is 4.34. The minimum Gasteiger partial charge on any atom is -0.394 e. The zero-order valence-corrected chi connectivity index (χ0v) is 14.5. The minimum atomic E-state index is -0.229. The summed E-state index contributed by atoms with van der Waals surface area (Å²) >= 11 is 0. The summed E-state index contributed by atoms with van der Waals surface area (Å²) in [5.41, 5.74) is 1.01. The SMILES string of the molecule is CC(C)CC(CO)NC(=O)NCC1CCN(c2ccc(F)cc2)C1. The molecule has 0 saturated carbocycles. The van der Waals surface area contributed by atoms with Gasteiger partial charge in [0.1, 0.15) is 5.82 Å². The summed E-state index contributed by atoms with van der Waals surface area (Å²) in [5.74, 6) is 0.563. The van der Waals surface area contributed by atoms with Gasteiger partial charge in [0.2, 0.25) is 0 Å². The monoisotopic (exact) mass is 337 g/mol. The van der Waals surface area contributed by atoms with Crippen LogP contribution in [0.1, 0.15) is 26.7 Å². The van der Waals surface area contributed by atoms with Gasteiger partial charge in [0.25, 0.3) is 0 Å². The normalized spacial score (nSPS) is 18.7. The van der Waals surface area contributed by atoms with Crippen LogP contribution in [0, 0.1) is 17.7 Å². The van der Waals surface area contributed by atoms with Crippen LogP contribution in [0.2, 0.25) is 0 Å². The second-order valence-corrected chi connectivity index (χ2v) is 6.94. The lowest BCUT2D eigenvalue weighted by molar-refractivity contribution is 0.206. The molecule has 2 unspecified atom stereocenters. The van der Waals surface area contributed by atoms with Gasteiger partial charge in [0.15, 0.2) is 0 Å². The number of aliphatic hydroxyl groups is 1. The highest BCUT2D eigenvalue weighted by Gasteiger charge is 2.23. The maximum atomic E-state index is 13.0. The molecule has 0 aromatic heterocycles. The second-order valence-electron chi connectivity index (χ2n) is 6.94. The van der Waals surface area contributed by atoms with E-state index in [1.54, 1.807) is 12.1 Å². The molecule has 1 aromatic rings. The minimum absolute atomic E-state index is 0.0482. The van der Waals surface area contributed by atoms with Crippen molar-refractivity contribution in [1.29, 1.82) is 0 Å². The molecule has 5 nitrogen and oxygen atoms in total. The number of nitrogens with one attached hydrogen (secondary N) is 2. The average molecular weight is 337 g/mol. The highest BCUT2D eigenvalue weighted by Crippen LogP contribution is 2.23. The quantitative estimate of drug-likeness (QED) is 0.716. The topological polar surface area (TPSA) is 64.6 Å². The molecule has 0 radical (unpaired) electrons. The Hall–Kier alpha value is -1.82. The molecule has 2 atom stereocenters.